The van der Waals surface area contributed by atoms with Crippen LogP contribution in [0.15, 0.2) is 48.5 Å². The van der Waals surface area contributed by atoms with Gasteiger partial charge in [-0.25, -0.2) is 0 Å². The van der Waals surface area contributed by atoms with Crippen LogP contribution in [0, 0.1) is 7.14 Å². The Kier molecular flexibility index (Phi) is 35.0. The number of rotatable bonds is 40. The van der Waals surface area contributed by atoms with E-state index in [0.717, 1.165) is 63.2 Å². The van der Waals surface area contributed by atoms with Crippen LogP contribution in [-0.4, -0.2) is 38.4 Å². The highest BCUT2D eigenvalue weighted by Crippen LogP contribution is 2.18. The number of hydrogen-bond donors (Lipinski definition) is 0. The van der Waals surface area contributed by atoms with Crippen LogP contribution in [0.4, 0.5) is 0 Å². The topological polar surface area (TPSA) is 71.1 Å². The third-order valence-electron chi connectivity index (χ3n) is 10.5. The van der Waals surface area contributed by atoms with E-state index in [4.69, 9.17) is 18.9 Å². The first-order valence-electron chi connectivity index (χ1n) is 23.1. The molecule has 0 spiro atoms. The van der Waals surface area contributed by atoms with E-state index in [0.29, 0.717) is 32.5 Å². The standard InChI is InChI=1S/C49H78I2O6/c50-44-32-36-46(37-33-44)54-40-27-23-19-15-11-7-3-1-5-9-13-17-21-25-30-48(52)56-42-29-43-57-49(53)31-26-22-18-14-10-6-2-4-8-12-16-20-24-28-41-55-47-38-34-45(51)35-39-47/h32-39H,1-31,40-43H2. The van der Waals surface area contributed by atoms with Crippen LogP contribution in [0.5, 0.6) is 11.5 Å². The van der Waals surface area contributed by atoms with E-state index in [1.54, 1.807) is 0 Å². The summed E-state index contributed by atoms with van der Waals surface area (Å²) in [5.74, 6) is 1.71. The van der Waals surface area contributed by atoms with Gasteiger partial charge in [-0.05, 0) is 119 Å². The van der Waals surface area contributed by atoms with Gasteiger partial charge in [0.2, 0.25) is 0 Å². The Morgan fingerprint density at radius 1 is 0.316 bits per heavy atom. The smallest absolute Gasteiger partial charge is 0.305 e. The molecule has 324 valence electrons. The molecule has 0 bridgehead atoms. The van der Waals surface area contributed by atoms with E-state index in [2.05, 4.69) is 69.4 Å². The molecule has 0 aliphatic carbocycles. The van der Waals surface area contributed by atoms with Crippen LogP contribution in [-0.2, 0) is 19.1 Å². The molecule has 2 aromatic carbocycles. The van der Waals surface area contributed by atoms with Crippen molar-refractivity contribution in [3.63, 3.8) is 0 Å². The van der Waals surface area contributed by atoms with Crippen molar-refractivity contribution in [2.24, 2.45) is 0 Å². The van der Waals surface area contributed by atoms with Crippen molar-refractivity contribution < 1.29 is 28.5 Å². The SMILES string of the molecule is O=C(CCCCCCCCCCCCCCCCOc1ccc(I)cc1)OCCCOC(=O)CCCCCCCCCCCCCCCCOc1ccc(I)cc1. The number of ether oxygens (including phenoxy) is 4. The van der Waals surface area contributed by atoms with Gasteiger partial charge < -0.3 is 18.9 Å². The first-order valence-corrected chi connectivity index (χ1v) is 25.3. The third-order valence-corrected chi connectivity index (χ3v) is 12.0. The van der Waals surface area contributed by atoms with Crippen LogP contribution in [0.25, 0.3) is 0 Å². The Labute approximate surface area is 375 Å². The van der Waals surface area contributed by atoms with E-state index in [1.807, 2.05) is 24.3 Å². The van der Waals surface area contributed by atoms with Crippen molar-refractivity contribution in [2.75, 3.05) is 26.4 Å². The Balaban J connectivity index is 1.19. The molecule has 0 aromatic heterocycles. The van der Waals surface area contributed by atoms with Crippen molar-refractivity contribution in [2.45, 2.75) is 199 Å². The number of halogens is 2. The molecular weight excluding hydrogens is 938 g/mol. The minimum atomic E-state index is -0.126. The molecule has 0 aliphatic rings. The number of unbranched alkanes of at least 4 members (excludes halogenated alkanes) is 26. The Morgan fingerprint density at radius 3 is 0.842 bits per heavy atom. The highest BCUT2D eigenvalue weighted by molar-refractivity contribution is 14.1. The average molecular weight is 1020 g/mol. The number of esters is 2. The number of hydrogen-bond acceptors (Lipinski definition) is 6. The molecule has 0 aliphatic heterocycles. The lowest BCUT2D eigenvalue weighted by Crippen LogP contribution is -2.10. The summed E-state index contributed by atoms with van der Waals surface area (Å²) >= 11 is 4.63. The summed E-state index contributed by atoms with van der Waals surface area (Å²) in [6.07, 6.45) is 36.7. The van der Waals surface area contributed by atoms with Gasteiger partial charge in [-0.1, -0.05) is 154 Å². The molecule has 0 amide bonds. The van der Waals surface area contributed by atoms with E-state index >= 15 is 0 Å². The highest BCUT2D eigenvalue weighted by atomic mass is 127. The first kappa shape index (κ1) is 51.6. The fraction of sp³-hybridized carbons (Fsp3) is 0.714. The van der Waals surface area contributed by atoms with Crippen molar-refractivity contribution >= 4 is 57.1 Å². The van der Waals surface area contributed by atoms with Gasteiger partial charge in [-0.2, -0.15) is 0 Å². The predicted molar refractivity (Wildman–Crippen MR) is 254 cm³/mol. The molecule has 8 heteroatoms. The van der Waals surface area contributed by atoms with Gasteiger partial charge in [0.15, 0.2) is 0 Å². The molecule has 0 radical (unpaired) electrons. The summed E-state index contributed by atoms with van der Waals surface area (Å²) in [7, 11) is 0. The largest absolute Gasteiger partial charge is 0.494 e. The second-order valence-electron chi connectivity index (χ2n) is 15.8. The maximum atomic E-state index is 12.0. The summed E-state index contributed by atoms with van der Waals surface area (Å²) in [4.78, 5) is 24.1. The molecule has 0 atom stereocenters. The zero-order valence-electron chi connectivity index (χ0n) is 35.6. The summed E-state index contributed by atoms with van der Waals surface area (Å²) in [6, 6.07) is 16.5. The summed E-state index contributed by atoms with van der Waals surface area (Å²) in [6.45, 7) is 2.31. The maximum absolute atomic E-state index is 12.0. The van der Waals surface area contributed by atoms with Gasteiger partial charge in [0.05, 0.1) is 26.4 Å². The third kappa shape index (κ3) is 33.9. The number of carbonyl (C=O) groups excluding carboxylic acids is 2. The van der Waals surface area contributed by atoms with Crippen LogP contribution >= 0.6 is 45.2 Å². The molecule has 0 N–H and O–H groups in total. The lowest BCUT2D eigenvalue weighted by Gasteiger charge is -2.07. The Hall–Kier alpha value is -1.56. The predicted octanol–water partition coefficient (Wildman–Crippen LogP) is 15.5. The molecular formula is C49H78I2O6. The monoisotopic (exact) mass is 1020 g/mol. The van der Waals surface area contributed by atoms with Gasteiger partial charge in [-0.15, -0.1) is 0 Å². The molecule has 6 nitrogen and oxygen atoms in total. The van der Waals surface area contributed by atoms with Crippen molar-refractivity contribution in [1.29, 1.82) is 0 Å². The summed E-state index contributed by atoms with van der Waals surface area (Å²) in [5.41, 5.74) is 0. The highest BCUT2D eigenvalue weighted by Gasteiger charge is 2.06. The van der Waals surface area contributed by atoms with E-state index in [1.165, 1.54) is 148 Å². The fourth-order valence-corrected chi connectivity index (χ4v) is 7.72. The lowest BCUT2D eigenvalue weighted by molar-refractivity contribution is -0.146. The quantitative estimate of drug-likeness (QED) is 0.0376. The van der Waals surface area contributed by atoms with Crippen LogP contribution in [0.3, 0.4) is 0 Å². The molecule has 0 unspecified atom stereocenters. The minimum Gasteiger partial charge on any atom is -0.494 e. The molecule has 2 aromatic rings. The molecule has 2 rings (SSSR count). The second-order valence-corrected chi connectivity index (χ2v) is 18.3. The molecule has 0 saturated carbocycles. The van der Waals surface area contributed by atoms with E-state index < -0.39 is 0 Å². The van der Waals surface area contributed by atoms with Gasteiger partial charge in [0, 0.05) is 26.4 Å². The fourth-order valence-electron chi connectivity index (χ4n) is 7.00. The van der Waals surface area contributed by atoms with Crippen LogP contribution in [0.1, 0.15) is 199 Å². The van der Waals surface area contributed by atoms with E-state index in [9.17, 15) is 9.59 Å². The Morgan fingerprint density at radius 2 is 0.561 bits per heavy atom. The van der Waals surface area contributed by atoms with E-state index in [-0.39, 0.29) is 11.9 Å². The molecule has 0 fully saturated rings. The van der Waals surface area contributed by atoms with Crippen molar-refractivity contribution in [3.8, 4) is 11.5 Å². The Bertz CT molecular complexity index is 1110. The summed E-state index contributed by atoms with van der Waals surface area (Å²) in [5, 5.41) is 0. The molecule has 0 saturated heterocycles. The maximum Gasteiger partial charge on any atom is 0.305 e. The molecule has 0 heterocycles. The van der Waals surface area contributed by atoms with Crippen LogP contribution in [0.2, 0.25) is 0 Å². The zero-order valence-corrected chi connectivity index (χ0v) is 39.9. The second kappa shape index (κ2) is 38.6. The van der Waals surface area contributed by atoms with Crippen molar-refractivity contribution in [1.82, 2.24) is 0 Å². The minimum absolute atomic E-state index is 0.126. The zero-order chi connectivity index (χ0) is 40.7. The molecule has 57 heavy (non-hydrogen) atoms. The van der Waals surface area contributed by atoms with Gasteiger partial charge >= 0.3 is 11.9 Å². The normalized spacial score (nSPS) is 11.1. The summed E-state index contributed by atoms with van der Waals surface area (Å²) < 4.78 is 24.8. The number of carbonyl (C=O) groups is 2. The first-order chi connectivity index (χ1) is 28.0. The van der Waals surface area contributed by atoms with Crippen LogP contribution < -0.4 is 9.47 Å². The lowest BCUT2D eigenvalue weighted by atomic mass is 10.0. The van der Waals surface area contributed by atoms with Crippen molar-refractivity contribution in [3.05, 3.63) is 55.7 Å². The van der Waals surface area contributed by atoms with Gasteiger partial charge in [0.25, 0.3) is 0 Å². The van der Waals surface area contributed by atoms with Gasteiger partial charge in [-0.3, -0.25) is 9.59 Å². The average Bonchev–Trinajstić information content (AvgIpc) is 3.21. The van der Waals surface area contributed by atoms with Gasteiger partial charge in [0.1, 0.15) is 11.5 Å². The number of benzene rings is 2.